The number of aliphatic hydroxyl groups excluding tert-OH is 2. The van der Waals surface area contributed by atoms with Gasteiger partial charge in [0.15, 0.2) is 5.75 Å². The van der Waals surface area contributed by atoms with Crippen molar-refractivity contribution in [3.8, 4) is 5.75 Å². The first kappa shape index (κ1) is 28.2. The van der Waals surface area contributed by atoms with E-state index in [0.29, 0.717) is 32.1 Å². The molecule has 5 rings (SSSR count). The van der Waals surface area contributed by atoms with Gasteiger partial charge in [-0.1, -0.05) is 26.8 Å². The molecule has 6 N–H and O–H groups in total. The molecule has 0 radical (unpaired) electrons. The molecule has 0 unspecified atom stereocenters. The van der Waals surface area contributed by atoms with Crippen molar-refractivity contribution in [3.63, 3.8) is 0 Å². The lowest BCUT2D eigenvalue weighted by molar-refractivity contribution is -0.207. The highest BCUT2D eigenvalue weighted by atomic mass is 16.5. The number of benzene rings is 1. The predicted octanol–water partition coefficient (Wildman–Crippen LogP) is 4.60. The molecule has 8 nitrogen and oxygen atoms in total. The van der Waals surface area contributed by atoms with Crippen LogP contribution in [0.15, 0.2) is 18.2 Å². The molecular formula is C31H45NO7. The summed E-state index contributed by atoms with van der Waals surface area (Å²) in [5, 5.41) is 42.7. The van der Waals surface area contributed by atoms with E-state index in [1.165, 1.54) is 12.1 Å². The second-order valence-corrected chi connectivity index (χ2v) is 13.6. The fourth-order valence-corrected chi connectivity index (χ4v) is 9.72. The molecule has 1 aromatic carbocycles. The van der Waals surface area contributed by atoms with Crippen LogP contribution in [0, 0.1) is 46.3 Å². The van der Waals surface area contributed by atoms with Gasteiger partial charge in [0, 0.05) is 6.42 Å². The molecule has 11 atom stereocenters. The highest BCUT2D eigenvalue weighted by molar-refractivity contribution is 5.94. The van der Waals surface area contributed by atoms with Crippen LogP contribution >= 0.6 is 0 Å². The third kappa shape index (κ3) is 4.61. The number of ether oxygens (including phenoxy) is 1. The number of rotatable bonds is 6. The van der Waals surface area contributed by atoms with Gasteiger partial charge in [0.1, 0.15) is 11.7 Å². The van der Waals surface area contributed by atoms with E-state index in [4.69, 9.17) is 10.5 Å². The molecule has 0 aromatic heterocycles. The monoisotopic (exact) mass is 543 g/mol. The maximum atomic E-state index is 12.8. The van der Waals surface area contributed by atoms with Gasteiger partial charge in [-0.05, 0) is 110 Å². The van der Waals surface area contributed by atoms with Crippen LogP contribution in [0.25, 0.3) is 0 Å². The van der Waals surface area contributed by atoms with Crippen LogP contribution < -0.4 is 5.73 Å². The number of para-hydroxylation sites is 1. The zero-order valence-corrected chi connectivity index (χ0v) is 23.4. The Morgan fingerprint density at radius 1 is 1.10 bits per heavy atom. The fraction of sp³-hybridized carbons (Fsp3) is 0.742. The molecule has 39 heavy (non-hydrogen) atoms. The maximum absolute atomic E-state index is 12.8. The number of hydrogen-bond acceptors (Lipinski definition) is 7. The summed E-state index contributed by atoms with van der Waals surface area (Å²) in [6, 6.07) is 4.66. The SMILES string of the molecule is C[C@H](CCC(=O)O)[C@H]1CC[C@H]2[C@@H]3[C@H](O)C[C@@H]4C[C@H](OC(=O)c5cccc(N)c5O)CC[C@]4(C)[C@H]3C[C@H](O)[C@]12C. The Labute approximate surface area is 230 Å². The summed E-state index contributed by atoms with van der Waals surface area (Å²) in [5.41, 5.74) is 5.56. The van der Waals surface area contributed by atoms with Gasteiger partial charge in [0.25, 0.3) is 0 Å². The summed E-state index contributed by atoms with van der Waals surface area (Å²) in [5.74, 6) is -0.507. The van der Waals surface area contributed by atoms with Gasteiger partial charge in [-0.15, -0.1) is 0 Å². The van der Waals surface area contributed by atoms with Gasteiger partial charge in [-0.2, -0.15) is 0 Å². The van der Waals surface area contributed by atoms with Crippen molar-refractivity contribution >= 4 is 17.6 Å². The molecule has 4 saturated carbocycles. The van der Waals surface area contributed by atoms with Crippen LogP contribution in [-0.2, 0) is 9.53 Å². The van der Waals surface area contributed by atoms with Crippen LogP contribution in [0.4, 0.5) is 5.69 Å². The van der Waals surface area contributed by atoms with Crippen molar-refractivity contribution in [2.75, 3.05) is 5.73 Å². The van der Waals surface area contributed by atoms with Gasteiger partial charge >= 0.3 is 11.9 Å². The molecule has 0 bridgehead atoms. The first-order valence-corrected chi connectivity index (χ1v) is 14.7. The van der Waals surface area contributed by atoms with Gasteiger partial charge in [0.2, 0.25) is 0 Å². The minimum atomic E-state index is -0.779. The van der Waals surface area contributed by atoms with E-state index in [9.17, 15) is 30.0 Å². The number of aromatic hydroxyl groups is 1. The topological polar surface area (TPSA) is 150 Å². The molecule has 4 aliphatic carbocycles. The zero-order valence-electron chi connectivity index (χ0n) is 23.4. The van der Waals surface area contributed by atoms with Crippen LogP contribution in [0.3, 0.4) is 0 Å². The summed E-state index contributed by atoms with van der Waals surface area (Å²) >= 11 is 0. The lowest BCUT2D eigenvalue weighted by Gasteiger charge is -2.63. The van der Waals surface area contributed by atoms with Crippen LogP contribution in [0.1, 0.15) is 88.9 Å². The second-order valence-electron chi connectivity index (χ2n) is 13.6. The Bertz CT molecular complexity index is 1110. The highest BCUT2D eigenvalue weighted by Crippen LogP contribution is 2.68. The van der Waals surface area contributed by atoms with Crippen molar-refractivity contribution < 1.29 is 34.8 Å². The minimum Gasteiger partial charge on any atom is -0.505 e. The summed E-state index contributed by atoms with van der Waals surface area (Å²) < 4.78 is 5.84. The largest absolute Gasteiger partial charge is 0.505 e. The molecule has 0 heterocycles. The Morgan fingerprint density at radius 3 is 2.56 bits per heavy atom. The lowest BCUT2D eigenvalue weighted by atomic mass is 9.43. The summed E-state index contributed by atoms with van der Waals surface area (Å²) in [7, 11) is 0. The lowest BCUT2D eigenvalue weighted by Crippen LogP contribution is -2.62. The van der Waals surface area contributed by atoms with E-state index in [1.54, 1.807) is 6.07 Å². The number of anilines is 1. The van der Waals surface area contributed by atoms with E-state index in [2.05, 4.69) is 20.8 Å². The molecule has 4 aliphatic rings. The Hall–Kier alpha value is -2.32. The van der Waals surface area contributed by atoms with Crippen molar-refractivity contribution in [2.45, 2.75) is 96.9 Å². The number of aliphatic hydroxyl groups is 2. The van der Waals surface area contributed by atoms with E-state index >= 15 is 0 Å². The Balaban J connectivity index is 1.31. The quantitative estimate of drug-likeness (QED) is 0.198. The minimum absolute atomic E-state index is 0.0649. The number of carboxylic acids is 1. The van der Waals surface area contributed by atoms with Gasteiger partial charge < -0.3 is 30.9 Å². The predicted molar refractivity (Wildman–Crippen MR) is 146 cm³/mol. The van der Waals surface area contributed by atoms with Gasteiger partial charge in [0.05, 0.1) is 17.9 Å². The van der Waals surface area contributed by atoms with Crippen molar-refractivity contribution in [3.05, 3.63) is 23.8 Å². The number of hydrogen-bond donors (Lipinski definition) is 5. The van der Waals surface area contributed by atoms with E-state index < -0.39 is 24.1 Å². The Kier molecular flexibility index (Phi) is 7.42. The normalized spacial score (nSPS) is 42.1. The fourth-order valence-electron chi connectivity index (χ4n) is 9.72. The summed E-state index contributed by atoms with van der Waals surface area (Å²) in [4.78, 5) is 24.0. The first-order valence-electron chi connectivity index (χ1n) is 14.7. The number of carbonyl (C=O) groups is 2. The third-order valence-electron chi connectivity index (χ3n) is 11.9. The number of esters is 1. The van der Waals surface area contributed by atoms with Crippen molar-refractivity contribution in [2.24, 2.45) is 46.3 Å². The molecule has 8 heteroatoms. The second kappa shape index (κ2) is 10.3. The molecule has 0 amide bonds. The molecular weight excluding hydrogens is 498 g/mol. The smallest absolute Gasteiger partial charge is 0.342 e. The number of aliphatic carboxylic acids is 1. The number of fused-ring (bicyclic) bond motifs is 5. The van der Waals surface area contributed by atoms with Gasteiger partial charge in [-0.25, -0.2) is 4.79 Å². The van der Waals surface area contributed by atoms with Crippen LogP contribution in [0.2, 0.25) is 0 Å². The highest BCUT2D eigenvalue weighted by Gasteiger charge is 2.65. The van der Waals surface area contributed by atoms with Gasteiger partial charge in [-0.3, -0.25) is 4.79 Å². The summed E-state index contributed by atoms with van der Waals surface area (Å²) in [6.07, 6.45) is 4.90. The molecule has 0 spiro atoms. The average molecular weight is 544 g/mol. The average Bonchev–Trinajstić information content (AvgIpc) is 3.24. The number of phenolic OH excluding ortho intramolecular Hbond substituents is 1. The molecule has 1 aromatic rings. The summed E-state index contributed by atoms with van der Waals surface area (Å²) in [6.45, 7) is 6.62. The third-order valence-corrected chi connectivity index (χ3v) is 11.9. The number of nitrogen functional groups attached to an aromatic ring is 1. The Morgan fingerprint density at radius 2 is 1.85 bits per heavy atom. The molecule has 216 valence electrons. The van der Waals surface area contributed by atoms with Crippen molar-refractivity contribution in [1.82, 2.24) is 0 Å². The number of nitrogens with two attached hydrogens (primary N) is 1. The van der Waals surface area contributed by atoms with E-state index in [0.717, 1.165) is 19.3 Å². The zero-order chi connectivity index (χ0) is 28.3. The molecule has 0 saturated heterocycles. The molecule has 0 aliphatic heterocycles. The van der Waals surface area contributed by atoms with E-state index in [1.807, 2.05) is 0 Å². The van der Waals surface area contributed by atoms with Crippen LogP contribution in [0.5, 0.6) is 5.75 Å². The van der Waals surface area contributed by atoms with Crippen molar-refractivity contribution in [1.29, 1.82) is 0 Å². The standard InChI is InChI=1S/C31H45NO7/c1-16(7-10-26(35)36)20-8-9-21-27-22(15-25(34)31(20,21)3)30(2)12-11-18(13-17(30)14-24(27)33)39-29(38)19-5-4-6-23(32)28(19)37/h4-6,16-18,20-22,24-25,27,33-34,37H,7-15,32H2,1-3H3,(H,35,36)/t16-,17+,18-,20-,21+,22+,24-,25+,27+,30+,31-/m1/s1. The molecule has 4 fully saturated rings. The number of phenols is 1. The maximum Gasteiger partial charge on any atom is 0.342 e. The number of carboxylic acid groups (broad SMARTS) is 1. The number of carbonyl (C=O) groups excluding carboxylic acids is 1. The van der Waals surface area contributed by atoms with Crippen LogP contribution in [-0.4, -0.2) is 50.7 Å². The van der Waals surface area contributed by atoms with E-state index in [-0.39, 0.29) is 75.9 Å². The first-order chi connectivity index (χ1) is 18.4.